The van der Waals surface area contributed by atoms with Crippen LogP contribution in [0.15, 0.2) is 59.0 Å². The smallest absolute Gasteiger partial charge is 0.338 e. The molecule has 3 rings (SSSR count). The summed E-state index contributed by atoms with van der Waals surface area (Å²) in [5, 5.41) is 3.75. The predicted octanol–water partition coefficient (Wildman–Crippen LogP) is 5.35. The highest BCUT2D eigenvalue weighted by atomic mass is 16.5. The van der Waals surface area contributed by atoms with Crippen molar-refractivity contribution in [3.05, 3.63) is 71.5 Å². The molecule has 5 nitrogen and oxygen atoms in total. The Morgan fingerprint density at radius 1 is 1.11 bits per heavy atom. The van der Waals surface area contributed by atoms with Gasteiger partial charge >= 0.3 is 5.97 Å². The monoisotopic (exact) mass is 377 g/mol. The van der Waals surface area contributed by atoms with Crippen molar-refractivity contribution in [1.82, 2.24) is 0 Å². The van der Waals surface area contributed by atoms with E-state index in [2.05, 4.69) is 5.32 Å². The molecular weight excluding hydrogens is 354 g/mol. The quantitative estimate of drug-likeness (QED) is 0.342. The maximum atomic E-state index is 12.1. The van der Waals surface area contributed by atoms with Crippen LogP contribution in [0.25, 0.3) is 17.0 Å². The molecule has 0 aliphatic rings. The Hall–Kier alpha value is -3.34. The third-order valence-electron chi connectivity index (χ3n) is 4.21. The standard InChI is InChI=1S/C23H23NO4/c1-3-4-13-27-23(26)17-7-9-19(10-8-17)24-22(25)12-11-20-15-18-6-5-16(2)14-21(18)28-20/h5-12,14-15H,3-4,13H2,1-2H3,(H,24,25)/b12-11+. The van der Waals surface area contributed by atoms with Gasteiger partial charge in [-0.25, -0.2) is 4.79 Å². The van der Waals surface area contributed by atoms with Crippen LogP contribution in [0.4, 0.5) is 5.69 Å². The average molecular weight is 377 g/mol. The average Bonchev–Trinajstić information content (AvgIpc) is 3.09. The molecule has 1 aromatic heterocycles. The number of benzene rings is 2. The second-order valence-corrected chi connectivity index (χ2v) is 6.58. The van der Waals surface area contributed by atoms with Crippen LogP contribution in [0.3, 0.4) is 0 Å². The Morgan fingerprint density at radius 2 is 1.89 bits per heavy atom. The van der Waals surface area contributed by atoms with E-state index in [0.717, 1.165) is 29.4 Å². The van der Waals surface area contributed by atoms with Crippen LogP contribution in [-0.4, -0.2) is 18.5 Å². The largest absolute Gasteiger partial charge is 0.462 e. The first-order valence-electron chi connectivity index (χ1n) is 9.31. The summed E-state index contributed by atoms with van der Waals surface area (Å²) in [5.74, 6) is -0.0258. The van der Waals surface area contributed by atoms with Gasteiger partial charge in [0.1, 0.15) is 11.3 Å². The van der Waals surface area contributed by atoms with Gasteiger partial charge in [0.05, 0.1) is 12.2 Å². The zero-order valence-electron chi connectivity index (χ0n) is 16.0. The molecule has 0 saturated heterocycles. The molecule has 0 bridgehead atoms. The Balaban J connectivity index is 1.57. The highest BCUT2D eigenvalue weighted by molar-refractivity contribution is 6.02. The fourth-order valence-corrected chi connectivity index (χ4v) is 2.66. The maximum Gasteiger partial charge on any atom is 0.338 e. The number of carbonyl (C=O) groups is 2. The number of nitrogens with one attached hydrogen (secondary N) is 1. The normalized spacial score (nSPS) is 11.1. The van der Waals surface area contributed by atoms with E-state index in [1.54, 1.807) is 30.3 Å². The first-order chi connectivity index (χ1) is 13.5. The van der Waals surface area contributed by atoms with Gasteiger partial charge in [0, 0.05) is 17.1 Å². The number of aryl methyl sites for hydroxylation is 1. The number of ether oxygens (including phenoxy) is 1. The minimum atomic E-state index is -0.355. The van der Waals surface area contributed by atoms with Crippen molar-refractivity contribution < 1.29 is 18.7 Å². The summed E-state index contributed by atoms with van der Waals surface area (Å²) in [5.41, 5.74) is 2.97. The van der Waals surface area contributed by atoms with Gasteiger partial charge in [-0.15, -0.1) is 0 Å². The summed E-state index contributed by atoms with van der Waals surface area (Å²) < 4.78 is 10.9. The number of hydrogen-bond acceptors (Lipinski definition) is 4. The number of anilines is 1. The lowest BCUT2D eigenvalue weighted by molar-refractivity contribution is -0.111. The van der Waals surface area contributed by atoms with Crippen LogP contribution in [0.2, 0.25) is 0 Å². The lowest BCUT2D eigenvalue weighted by Gasteiger charge is -2.05. The lowest BCUT2D eigenvalue weighted by atomic mass is 10.2. The number of unbranched alkanes of at least 4 members (excludes halogenated alkanes) is 1. The number of hydrogen-bond donors (Lipinski definition) is 1. The Bertz CT molecular complexity index is 999. The van der Waals surface area contributed by atoms with Gasteiger partial charge in [-0.1, -0.05) is 25.5 Å². The minimum Gasteiger partial charge on any atom is -0.462 e. The highest BCUT2D eigenvalue weighted by Gasteiger charge is 2.07. The van der Waals surface area contributed by atoms with E-state index in [1.165, 1.54) is 6.08 Å². The van der Waals surface area contributed by atoms with Crippen LogP contribution in [-0.2, 0) is 9.53 Å². The number of carbonyl (C=O) groups excluding carboxylic acids is 2. The molecule has 1 heterocycles. The van der Waals surface area contributed by atoms with Crippen molar-refractivity contribution in [2.75, 3.05) is 11.9 Å². The Kier molecular flexibility index (Phi) is 6.27. The fraction of sp³-hybridized carbons (Fsp3) is 0.217. The van der Waals surface area contributed by atoms with Gasteiger partial charge in [0.15, 0.2) is 0 Å². The summed E-state index contributed by atoms with van der Waals surface area (Å²) in [6, 6.07) is 14.5. The van der Waals surface area contributed by atoms with E-state index in [9.17, 15) is 9.59 Å². The van der Waals surface area contributed by atoms with Crippen molar-refractivity contribution >= 4 is 34.6 Å². The number of esters is 1. The van der Waals surface area contributed by atoms with Gasteiger partial charge in [-0.05, 0) is 61.4 Å². The summed E-state index contributed by atoms with van der Waals surface area (Å²) in [4.78, 5) is 24.0. The van der Waals surface area contributed by atoms with Gasteiger partial charge < -0.3 is 14.5 Å². The summed E-state index contributed by atoms with van der Waals surface area (Å²) >= 11 is 0. The Labute approximate surface area is 164 Å². The van der Waals surface area contributed by atoms with Crippen LogP contribution < -0.4 is 5.32 Å². The van der Waals surface area contributed by atoms with Crippen LogP contribution >= 0.6 is 0 Å². The van der Waals surface area contributed by atoms with Crippen molar-refractivity contribution in [3.63, 3.8) is 0 Å². The molecule has 3 aromatic rings. The molecule has 1 amide bonds. The fourth-order valence-electron chi connectivity index (χ4n) is 2.66. The SMILES string of the molecule is CCCCOC(=O)c1ccc(NC(=O)/C=C/c2cc3ccc(C)cc3o2)cc1. The number of rotatable bonds is 7. The molecule has 0 aliphatic heterocycles. The van der Waals surface area contributed by atoms with Gasteiger partial charge in [0.25, 0.3) is 0 Å². The van der Waals surface area contributed by atoms with Gasteiger partial charge in [0.2, 0.25) is 5.91 Å². The van der Waals surface area contributed by atoms with Crippen molar-refractivity contribution in [2.24, 2.45) is 0 Å². The molecule has 0 radical (unpaired) electrons. The van der Waals surface area contributed by atoms with E-state index in [-0.39, 0.29) is 11.9 Å². The molecule has 0 saturated carbocycles. The molecule has 0 unspecified atom stereocenters. The summed E-state index contributed by atoms with van der Waals surface area (Å²) in [7, 11) is 0. The third kappa shape index (κ3) is 5.10. The molecule has 0 spiro atoms. The molecule has 0 aliphatic carbocycles. The molecule has 0 fully saturated rings. The first kappa shape index (κ1) is 19.4. The third-order valence-corrected chi connectivity index (χ3v) is 4.21. The van der Waals surface area contributed by atoms with Gasteiger partial charge in [-0.2, -0.15) is 0 Å². The molecule has 1 N–H and O–H groups in total. The second-order valence-electron chi connectivity index (χ2n) is 6.58. The molecular formula is C23H23NO4. The summed E-state index contributed by atoms with van der Waals surface area (Å²) in [6.07, 6.45) is 4.86. The van der Waals surface area contributed by atoms with E-state index in [1.807, 2.05) is 38.1 Å². The van der Waals surface area contributed by atoms with Crippen molar-refractivity contribution in [2.45, 2.75) is 26.7 Å². The molecule has 28 heavy (non-hydrogen) atoms. The molecule has 144 valence electrons. The van der Waals surface area contributed by atoms with Crippen LogP contribution in [0.5, 0.6) is 0 Å². The van der Waals surface area contributed by atoms with Crippen LogP contribution in [0.1, 0.15) is 41.4 Å². The second kappa shape index (κ2) is 9.04. The minimum absolute atomic E-state index is 0.282. The number of fused-ring (bicyclic) bond motifs is 1. The van der Waals surface area contributed by atoms with Gasteiger partial charge in [-0.3, -0.25) is 4.79 Å². The summed E-state index contributed by atoms with van der Waals surface area (Å²) in [6.45, 7) is 4.45. The number of amides is 1. The van der Waals surface area contributed by atoms with Crippen molar-refractivity contribution in [1.29, 1.82) is 0 Å². The molecule has 2 aromatic carbocycles. The topological polar surface area (TPSA) is 68.5 Å². The molecule has 5 heteroatoms. The predicted molar refractivity (Wildman–Crippen MR) is 110 cm³/mol. The van der Waals surface area contributed by atoms with E-state index >= 15 is 0 Å². The van der Waals surface area contributed by atoms with E-state index in [0.29, 0.717) is 23.6 Å². The van der Waals surface area contributed by atoms with Crippen LogP contribution in [0, 0.1) is 6.92 Å². The maximum absolute atomic E-state index is 12.1. The van der Waals surface area contributed by atoms with E-state index < -0.39 is 0 Å². The Morgan fingerprint density at radius 3 is 2.64 bits per heavy atom. The van der Waals surface area contributed by atoms with E-state index in [4.69, 9.17) is 9.15 Å². The zero-order valence-corrected chi connectivity index (χ0v) is 16.0. The zero-order chi connectivity index (χ0) is 19.9. The number of furan rings is 1. The lowest BCUT2D eigenvalue weighted by Crippen LogP contribution is -2.09. The first-order valence-corrected chi connectivity index (χ1v) is 9.31. The molecule has 0 atom stereocenters. The van der Waals surface area contributed by atoms with Crippen molar-refractivity contribution in [3.8, 4) is 0 Å². The highest BCUT2D eigenvalue weighted by Crippen LogP contribution is 2.21.